The number of rotatable bonds is 2. The fourth-order valence-electron chi connectivity index (χ4n) is 3.67. The van der Waals surface area contributed by atoms with E-state index in [2.05, 4.69) is 31.0 Å². The SMILES string of the molecule is CC1(C)CCC(C(=O)O)C(c2cccc3ccncc23)C1. The van der Waals surface area contributed by atoms with E-state index in [1.165, 1.54) is 0 Å². The highest BCUT2D eigenvalue weighted by atomic mass is 16.4. The molecule has 21 heavy (non-hydrogen) atoms. The Hall–Kier alpha value is -1.90. The lowest BCUT2D eigenvalue weighted by Crippen LogP contribution is -2.33. The Morgan fingerprint density at radius 2 is 2.14 bits per heavy atom. The van der Waals surface area contributed by atoms with Gasteiger partial charge in [-0.05, 0) is 47.6 Å². The normalized spacial score (nSPS) is 24.9. The summed E-state index contributed by atoms with van der Waals surface area (Å²) in [6, 6.07) is 8.15. The second-order valence-electron chi connectivity index (χ2n) is 6.90. The molecule has 3 rings (SSSR count). The van der Waals surface area contributed by atoms with Gasteiger partial charge in [0.2, 0.25) is 0 Å². The van der Waals surface area contributed by atoms with Crippen LogP contribution in [-0.2, 0) is 4.79 Å². The third kappa shape index (κ3) is 2.65. The van der Waals surface area contributed by atoms with Crippen molar-refractivity contribution in [1.82, 2.24) is 4.98 Å². The average Bonchev–Trinajstić information content (AvgIpc) is 2.45. The third-order valence-electron chi connectivity index (χ3n) is 4.82. The number of aliphatic carboxylic acids is 1. The first-order valence-corrected chi connectivity index (χ1v) is 7.53. The van der Waals surface area contributed by atoms with Crippen LogP contribution in [0.25, 0.3) is 10.8 Å². The van der Waals surface area contributed by atoms with E-state index >= 15 is 0 Å². The van der Waals surface area contributed by atoms with Crippen LogP contribution in [0.1, 0.15) is 44.6 Å². The Morgan fingerprint density at radius 3 is 2.90 bits per heavy atom. The van der Waals surface area contributed by atoms with Gasteiger partial charge < -0.3 is 5.11 Å². The van der Waals surface area contributed by atoms with Crippen LogP contribution in [0, 0.1) is 11.3 Å². The number of carboxylic acids is 1. The summed E-state index contributed by atoms with van der Waals surface area (Å²) in [4.78, 5) is 15.9. The molecular weight excluding hydrogens is 262 g/mol. The maximum absolute atomic E-state index is 11.7. The van der Waals surface area contributed by atoms with Crippen LogP contribution in [0.3, 0.4) is 0 Å². The lowest BCUT2D eigenvalue weighted by atomic mass is 9.64. The zero-order valence-electron chi connectivity index (χ0n) is 12.5. The Kier molecular flexibility index (Phi) is 3.44. The summed E-state index contributed by atoms with van der Waals surface area (Å²) in [6.45, 7) is 4.48. The maximum Gasteiger partial charge on any atom is 0.307 e. The van der Waals surface area contributed by atoms with Gasteiger partial charge in [0.15, 0.2) is 0 Å². The van der Waals surface area contributed by atoms with Gasteiger partial charge in [0.05, 0.1) is 5.92 Å². The van der Waals surface area contributed by atoms with Gasteiger partial charge in [-0.2, -0.15) is 0 Å². The first-order chi connectivity index (χ1) is 9.98. The minimum absolute atomic E-state index is 0.0687. The Balaban J connectivity index is 2.11. The molecule has 110 valence electrons. The predicted octanol–water partition coefficient (Wildman–Crippen LogP) is 4.23. The molecule has 2 atom stereocenters. The zero-order chi connectivity index (χ0) is 15.0. The van der Waals surface area contributed by atoms with Crippen molar-refractivity contribution in [2.24, 2.45) is 11.3 Å². The van der Waals surface area contributed by atoms with Gasteiger partial charge in [-0.15, -0.1) is 0 Å². The van der Waals surface area contributed by atoms with Gasteiger partial charge >= 0.3 is 5.97 Å². The maximum atomic E-state index is 11.7. The second kappa shape index (κ2) is 5.14. The number of carboxylic acid groups (broad SMARTS) is 1. The number of aromatic nitrogens is 1. The highest BCUT2D eigenvalue weighted by Crippen LogP contribution is 2.48. The lowest BCUT2D eigenvalue weighted by molar-refractivity contribution is -0.144. The van der Waals surface area contributed by atoms with Gasteiger partial charge in [0.1, 0.15) is 0 Å². The molecule has 1 aliphatic rings. The molecule has 1 aliphatic carbocycles. The van der Waals surface area contributed by atoms with Crippen molar-refractivity contribution in [1.29, 1.82) is 0 Å². The summed E-state index contributed by atoms with van der Waals surface area (Å²) in [5, 5.41) is 11.8. The molecule has 3 heteroatoms. The van der Waals surface area contributed by atoms with Crippen molar-refractivity contribution in [3.05, 3.63) is 42.2 Å². The van der Waals surface area contributed by atoms with Crippen LogP contribution in [0.4, 0.5) is 0 Å². The van der Waals surface area contributed by atoms with E-state index in [4.69, 9.17) is 0 Å². The van der Waals surface area contributed by atoms with E-state index in [0.717, 1.165) is 35.6 Å². The number of hydrogen-bond donors (Lipinski definition) is 1. The first-order valence-electron chi connectivity index (χ1n) is 7.53. The molecule has 0 radical (unpaired) electrons. The Morgan fingerprint density at radius 1 is 1.33 bits per heavy atom. The molecule has 2 aromatic rings. The molecule has 1 aromatic heterocycles. The van der Waals surface area contributed by atoms with E-state index < -0.39 is 5.97 Å². The number of nitrogens with zero attached hydrogens (tertiary/aromatic N) is 1. The number of pyridine rings is 1. The van der Waals surface area contributed by atoms with Crippen LogP contribution in [0.15, 0.2) is 36.7 Å². The van der Waals surface area contributed by atoms with Crippen molar-refractivity contribution >= 4 is 16.7 Å². The van der Waals surface area contributed by atoms with Crippen molar-refractivity contribution in [2.75, 3.05) is 0 Å². The summed E-state index contributed by atoms with van der Waals surface area (Å²) in [6.07, 6.45) is 6.29. The van der Waals surface area contributed by atoms with Gasteiger partial charge in [-0.3, -0.25) is 9.78 Å². The van der Waals surface area contributed by atoms with Gasteiger partial charge in [-0.1, -0.05) is 32.0 Å². The lowest BCUT2D eigenvalue weighted by Gasteiger charge is -2.39. The fraction of sp³-hybridized carbons (Fsp3) is 0.444. The highest BCUT2D eigenvalue weighted by Gasteiger charge is 2.39. The highest BCUT2D eigenvalue weighted by molar-refractivity contribution is 5.86. The quantitative estimate of drug-likeness (QED) is 0.897. The van der Waals surface area contributed by atoms with Gasteiger partial charge in [0, 0.05) is 17.8 Å². The molecule has 1 heterocycles. The monoisotopic (exact) mass is 283 g/mol. The van der Waals surface area contributed by atoms with Crippen molar-refractivity contribution < 1.29 is 9.90 Å². The molecule has 1 saturated carbocycles. The molecule has 0 spiro atoms. The first kappa shape index (κ1) is 14.1. The average molecular weight is 283 g/mol. The van der Waals surface area contributed by atoms with Crippen LogP contribution in [-0.4, -0.2) is 16.1 Å². The molecule has 3 nitrogen and oxygen atoms in total. The number of benzene rings is 1. The van der Waals surface area contributed by atoms with Crippen LogP contribution in [0.2, 0.25) is 0 Å². The minimum atomic E-state index is -0.670. The van der Waals surface area contributed by atoms with E-state index in [0.29, 0.717) is 0 Å². The summed E-state index contributed by atoms with van der Waals surface area (Å²) in [5.41, 5.74) is 1.34. The Labute approximate surface area is 125 Å². The van der Waals surface area contributed by atoms with Crippen molar-refractivity contribution in [3.8, 4) is 0 Å². The standard InChI is InChI=1S/C18H21NO2/c1-18(2)8-6-14(17(20)21)15(10-18)13-5-3-4-12-7-9-19-11-16(12)13/h3-5,7,9,11,14-15H,6,8,10H2,1-2H3,(H,20,21). The van der Waals surface area contributed by atoms with Crippen molar-refractivity contribution in [2.45, 2.75) is 39.0 Å². The molecule has 2 unspecified atom stereocenters. The smallest absolute Gasteiger partial charge is 0.307 e. The molecule has 1 aromatic carbocycles. The summed E-state index contributed by atoms with van der Waals surface area (Å²) in [7, 11) is 0. The van der Waals surface area contributed by atoms with E-state index in [1.807, 2.05) is 18.3 Å². The third-order valence-corrected chi connectivity index (χ3v) is 4.82. The minimum Gasteiger partial charge on any atom is -0.481 e. The second-order valence-corrected chi connectivity index (χ2v) is 6.90. The summed E-state index contributed by atoms with van der Waals surface area (Å²) < 4.78 is 0. The van der Waals surface area contributed by atoms with Crippen LogP contribution in [0.5, 0.6) is 0 Å². The number of carbonyl (C=O) groups is 1. The van der Waals surface area contributed by atoms with Gasteiger partial charge in [0.25, 0.3) is 0 Å². The topological polar surface area (TPSA) is 50.2 Å². The molecular formula is C18H21NO2. The fourth-order valence-corrected chi connectivity index (χ4v) is 3.67. The summed E-state index contributed by atoms with van der Waals surface area (Å²) in [5.74, 6) is -0.889. The molecule has 0 bridgehead atoms. The largest absolute Gasteiger partial charge is 0.481 e. The molecule has 0 aliphatic heterocycles. The van der Waals surface area contributed by atoms with Crippen LogP contribution < -0.4 is 0 Å². The number of fused-ring (bicyclic) bond motifs is 1. The number of hydrogen-bond acceptors (Lipinski definition) is 2. The molecule has 0 saturated heterocycles. The molecule has 1 N–H and O–H groups in total. The molecule has 1 fully saturated rings. The van der Waals surface area contributed by atoms with E-state index in [9.17, 15) is 9.90 Å². The summed E-state index contributed by atoms with van der Waals surface area (Å²) >= 11 is 0. The van der Waals surface area contributed by atoms with Gasteiger partial charge in [-0.25, -0.2) is 0 Å². The predicted molar refractivity (Wildman–Crippen MR) is 83.2 cm³/mol. The van der Waals surface area contributed by atoms with Crippen molar-refractivity contribution in [3.63, 3.8) is 0 Å². The van der Waals surface area contributed by atoms with E-state index in [1.54, 1.807) is 6.20 Å². The van der Waals surface area contributed by atoms with E-state index in [-0.39, 0.29) is 17.3 Å². The van der Waals surface area contributed by atoms with Crippen LogP contribution >= 0.6 is 0 Å². The zero-order valence-corrected chi connectivity index (χ0v) is 12.5. The Bertz CT molecular complexity index is 672. The molecule has 0 amide bonds.